The van der Waals surface area contributed by atoms with E-state index in [0.717, 1.165) is 5.75 Å². The summed E-state index contributed by atoms with van der Waals surface area (Å²) in [6, 6.07) is 6.32. The molecular weight excluding hydrogens is 424 g/mol. The van der Waals surface area contributed by atoms with Gasteiger partial charge in [0.2, 0.25) is 0 Å². The quantitative estimate of drug-likeness (QED) is 0.593. The van der Waals surface area contributed by atoms with Crippen molar-refractivity contribution in [2.24, 2.45) is 4.99 Å². The van der Waals surface area contributed by atoms with Crippen molar-refractivity contribution in [2.45, 2.75) is 31.4 Å². The Kier molecular flexibility index (Phi) is 5.80. The average molecular weight is 445 g/mol. The van der Waals surface area contributed by atoms with E-state index < -0.39 is 0 Å². The maximum atomic E-state index is 12.7. The number of carbonyl (C=O) groups excluding carboxylic acids is 1. The van der Waals surface area contributed by atoms with Crippen molar-refractivity contribution in [1.82, 2.24) is 15.3 Å². The minimum atomic E-state index is -0.232. The van der Waals surface area contributed by atoms with E-state index in [0.29, 0.717) is 43.9 Å². The molecule has 0 unspecified atom stereocenters. The number of nitrogens with zero attached hydrogens (tertiary/aromatic N) is 2. The van der Waals surface area contributed by atoms with Crippen LogP contribution in [0.4, 0.5) is 0 Å². The number of aromatic nitrogens is 2. The molecular formula is C20H20N4O2S3. The average Bonchev–Trinajstić information content (AvgIpc) is 3.30. The molecule has 2 N–H and O–H groups in total. The van der Waals surface area contributed by atoms with Crippen molar-refractivity contribution in [3.05, 3.63) is 55.9 Å². The van der Waals surface area contributed by atoms with E-state index in [4.69, 9.17) is 0 Å². The molecule has 0 radical (unpaired) electrons. The van der Waals surface area contributed by atoms with Gasteiger partial charge in [0.25, 0.3) is 11.5 Å². The van der Waals surface area contributed by atoms with Gasteiger partial charge in [-0.25, -0.2) is 4.98 Å². The Hall–Kier alpha value is -2.10. The monoisotopic (exact) mass is 444 g/mol. The minimum absolute atomic E-state index is 0.202. The highest BCUT2D eigenvalue weighted by Crippen LogP contribution is 2.29. The van der Waals surface area contributed by atoms with Crippen molar-refractivity contribution in [3.8, 4) is 0 Å². The smallest absolute Gasteiger partial charge is 0.267 e. The van der Waals surface area contributed by atoms with Gasteiger partial charge in [-0.05, 0) is 38.0 Å². The number of thiophene rings is 1. The van der Waals surface area contributed by atoms with Crippen LogP contribution in [0.15, 0.2) is 32.9 Å². The third kappa shape index (κ3) is 4.26. The lowest BCUT2D eigenvalue weighted by atomic mass is 10.2. The van der Waals surface area contributed by atoms with Crippen LogP contribution in [0.5, 0.6) is 0 Å². The lowest BCUT2D eigenvalue weighted by Gasteiger charge is -2.06. The molecule has 0 fully saturated rings. The normalized spacial score (nSPS) is 13.7. The highest BCUT2D eigenvalue weighted by Gasteiger charge is 2.21. The van der Waals surface area contributed by atoms with Crippen LogP contribution in [-0.4, -0.2) is 33.3 Å². The number of carbonyl (C=O) groups is 1. The predicted molar refractivity (Wildman–Crippen MR) is 123 cm³/mol. The van der Waals surface area contributed by atoms with Crippen molar-refractivity contribution in [3.63, 3.8) is 0 Å². The summed E-state index contributed by atoms with van der Waals surface area (Å²) in [5, 5.41) is 3.96. The first-order chi connectivity index (χ1) is 13.9. The first-order valence-electron chi connectivity index (χ1n) is 9.13. The molecule has 9 heteroatoms. The van der Waals surface area contributed by atoms with Gasteiger partial charge in [0.1, 0.15) is 10.7 Å². The Morgan fingerprint density at radius 1 is 1.31 bits per heavy atom. The summed E-state index contributed by atoms with van der Waals surface area (Å²) in [4.78, 5) is 39.3. The molecule has 1 aliphatic rings. The summed E-state index contributed by atoms with van der Waals surface area (Å²) in [6.45, 7) is 6.64. The SMILES string of the molecule is Cc1ccc(C)c(SCc2nc3sc(C(=O)NC4=NCCS4)c(C)c3c(=O)[nH]2)c1. The van der Waals surface area contributed by atoms with Crippen LogP contribution in [0.2, 0.25) is 0 Å². The number of hydrogen-bond acceptors (Lipinski definition) is 7. The zero-order chi connectivity index (χ0) is 20.5. The first kappa shape index (κ1) is 20.2. The van der Waals surface area contributed by atoms with E-state index in [-0.39, 0.29) is 11.5 Å². The Morgan fingerprint density at radius 2 is 2.14 bits per heavy atom. The van der Waals surface area contributed by atoms with Crippen LogP contribution in [0.3, 0.4) is 0 Å². The third-order valence-electron chi connectivity index (χ3n) is 4.57. The number of H-pyrrole nitrogens is 1. The van der Waals surface area contributed by atoms with Crippen LogP contribution in [0.25, 0.3) is 10.2 Å². The number of aromatic amines is 1. The Morgan fingerprint density at radius 3 is 2.90 bits per heavy atom. The van der Waals surface area contributed by atoms with Gasteiger partial charge in [-0.2, -0.15) is 0 Å². The van der Waals surface area contributed by atoms with E-state index in [1.807, 2.05) is 0 Å². The fraction of sp³-hybridized carbons (Fsp3) is 0.300. The second kappa shape index (κ2) is 8.33. The maximum Gasteiger partial charge on any atom is 0.267 e. The molecule has 0 bridgehead atoms. The molecule has 150 valence electrons. The molecule has 0 saturated carbocycles. The molecule has 29 heavy (non-hydrogen) atoms. The molecule has 0 atom stereocenters. The number of aryl methyl sites for hydroxylation is 3. The van der Waals surface area contributed by atoms with E-state index in [2.05, 4.69) is 52.3 Å². The summed E-state index contributed by atoms with van der Waals surface area (Å²) >= 11 is 4.43. The van der Waals surface area contributed by atoms with Crippen LogP contribution >= 0.6 is 34.9 Å². The van der Waals surface area contributed by atoms with Gasteiger partial charge in [-0.15, -0.1) is 23.1 Å². The number of benzene rings is 1. The minimum Gasteiger partial charge on any atom is -0.309 e. The van der Waals surface area contributed by atoms with Gasteiger partial charge in [0.15, 0.2) is 5.17 Å². The van der Waals surface area contributed by atoms with E-state index >= 15 is 0 Å². The zero-order valence-electron chi connectivity index (χ0n) is 16.3. The number of rotatable bonds is 4. The topological polar surface area (TPSA) is 87.2 Å². The molecule has 6 nitrogen and oxygen atoms in total. The Balaban J connectivity index is 1.60. The van der Waals surface area contributed by atoms with Gasteiger partial charge in [0.05, 0.1) is 22.6 Å². The van der Waals surface area contributed by atoms with Crippen molar-refractivity contribution in [2.75, 3.05) is 12.3 Å². The van der Waals surface area contributed by atoms with Crippen LogP contribution in [0, 0.1) is 20.8 Å². The predicted octanol–water partition coefficient (Wildman–Crippen LogP) is 4.03. The largest absolute Gasteiger partial charge is 0.309 e. The lowest BCUT2D eigenvalue weighted by molar-refractivity contribution is 0.0981. The van der Waals surface area contributed by atoms with Crippen molar-refractivity contribution >= 4 is 56.2 Å². The molecule has 2 aromatic heterocycles. The van der Waals surface area contributed by atoms with Crippen LogP contribution in [-0.2, 0) is 5.75 Å². The number of nitrogens with one attached hydrogen (secondary N) is 2. The number of hydrogen-bond donors (Lipinski definition) is 2. The van der Waals surface area contributed by atoms with E-state index in [9.17, 15) is 9.59 Å². The molecule has 0 saturated heterocycles. The molecule has 0 spiro atoms. The van der Waals surface area contributed by atoms with Crippen molar-refractivity contribution in [1.29, 1.82) is 0 Å². The number of amides is 1. The molecule has 1 aromatic carbocycles. The summed E-state index contributed by atoms with van der Waals surface area (Å²) in [6.07, 6.45) is 0. The van der Waals surface area contributed by atoms with Crippen LogP contribution < -0.4 is 10.9 Å². The van der Waals surface area contributed by atoms with Gasteiger partial charge in [0, 0.05) is 10.6 Å². The van der Waals surface area contributed by atoms with Crippen LogP contribution in [0.1, 0.15) is 32.2 Å². The molecule has 3 heterocycles. The summed E-state index contributed by atoms with van der Waals surface area (Å²) < 4.78 is 0. The zero-order valence-corrected chi connectivity index (χ0v) is 18.7. The maximum absolute atomic E-state index is 12.7. The standard InChI is InChI=1S/C20H20N4O2S3/c1-10-4-5-11(2)13(8-10)28-9-14-22-17(25)15-12(3)16(29-19(15)23-14)18(26)24-20-21-6-7-27-20/h4-5,8H,6-7,9H2,1-3H3,(H,21,24,26)(H,22,23,25). The number of thioether (sulfide) groups is 2. The number of aliphatic imine (C=N–C) groups is 1. The molecule has 0 aliphatic carbocycles. The van der Waals surface area contributed by atoms with Gasteiger partial charge in [-0.1, -0.05) is 29.5 Å². The fourth-order valence-electron chi connectivity index (χ4n) is 3.05. The Bertz CT molecular complexity index is 1200. The third-order valence-corrected chi connectivity index (χ3v) is 7.81. The van der Waals surface area contributed by atoms with E-state index in [1.54, 1.807) is 18.7 Å². The summed E-state index contributed by atoms with van der Waals surface area (Å²) in [5.41, 5.74) is 2.85. The molecule has 1 amide bonds. The second-order valence-corrected chi connectivity index (χ2v) is 9.90. The number of fused-ring (bicyclic) bond motifs is 1. The highest BCUT2D eigenvalue weighted by atomic mass is 32.2. The first-order valence-corrected chi connectivity index (χ1v) is 11.9. The lowest BCUT2D eigenvalue weighted by Crippen LogP contribution is -2.27. The van der Waals surface area contributed by atoms with Crippen molar-refractivity contribution < 1.29 is 4.79 Å². The fourth-order valence-corrected chi connectivity index (χ4v) is 5.86. The Labute approximate surface area is 180 Å². The number of amidine groups is 1. The van der Waals surface area contributed by atoms with Gasteiger partial charge in [-0.3, -0.25) is 14.6 Å². The molecule has 4 rings (SSSR count). The van der Waals surface area contributed by atoms with Gasteiger partial charge < -0.3 is 10.3 Å². The van der Waals surface area contributed by atoms with E-state index in [1.165, 1.54) is 39.1 Å². The van der Waals surface area contributed by atoms with Gasteiger partial charge >= 0.3 is 0 Å². The summed E-state index contributed by atoms with van der Waals surface area (Å²) in [7, 11) is 0. The second-order valence-electron chi connectivity index (χ2n) is 6.80. The highest BCUT2D eigenvalue weighted by molar-refractivity contribution is 8.14. The molecule has 1 aliphatic heterocycles. The molecule has 3 aromatic rings. The summed E-state index contributed by atoms with van der Waals surface area (Å²) in [5.74, 6) is 1.81.